The molecule has 8 aliphatic rings. The summed E-state index contributed by atoms with van der Waals surface area (Å²) in [7, 11) is 0. The largest absolute Gasteiger partial charge is 0.456 e. The summed E-state index contributed by atoms with van der Waals surface area (Å²) in [6, 6.07) is 0. The third kappa shape index (κ3) is 29.6. The molecule has 24 nitrogen and oxygen atoms in total. The number of ether oxygens (including phenoxy) is 16. The van der Waals surface area contributed by atoms with Crippen LogP contribution in [-0.2, 0) is 114 Å². The maximum absolute atomic E-state index is 11.2. The molecule has 0 aromatic carbocycles. The van der Waals surface area contributed by atoms with Crippen molar-refractivity contribution >= 4 is 47.8 Å². The Morgan fingerprint density at radius 2 is 0.462 bits per heavy atom. The van der Waals surface area contributed by atoms with E-state index < -0.39 is 0 Å². The molecule has 8 heterocycles. The van der Waals surface area contributed by atoms with Crippen LogP contribution in [0, 0.1) is 11.8 Å². The summed E-state index contributed by atoms with van der Waals surface area (Å²) in [6.45, 7) is 80.2. The molecule has 0 bridgehead atoms. The van der Waals surface area contributed by atoms with Crippen LogP contribution in [0.5, 0.6) is 0 Å². The number of carbonyl (C=O) groups is 8. The summed E-state index contributed by atoms with van der Waals surface area (Å²) in [5.41, 5.74) is 3.27. The highest BCUT2D eigenvalue weighted by molar-refractivity contribution is 5.95. The Morgan fingerprint density at radius 1 is 0.283 bits per heavy atom. The molecule has 0 aromatic heterocycles. The van der Waals surface area contributed by atoms with Gasteiger partial charge in [0.2, 0.25) is 0 Å². The Bertz CT molecular complexity index is 2920. The number of rotatable bonds is 32. The standard InChI is InChI=1S/4C11H16O3.2C10H14O3.2C9H12O3/c2*1-5-6-13-10-8(4)11(12)14-9(10)7(2)3;2*1-4-6-9-10(13-7-5-2)8(3)11(12)14-9;2*1-4-6-12-9-7(3)10(11)13-8(9)5-2;2*1-4-5-11-8-6(2)9(10)12-7(8)3/h2*5,7,9-10H,1,4,6H2,2-3H3;2*5,9-10H,2-4,6-7H2,1H3;2*4,8-9H,1,3,5-6H2,2H3;2*4,7-8H,1-2,5H2,3H3/t4*9-,10?;2*8-,9?;2*7-,8?/m10101010/s1. The monoisotopic (exact) mass is 1480 g/mol. The Balaban J connectivity index is 0.000000606. The first-order valence-corrected chi connectivity index (χ1v) is 35.3. The number of esters is 8. The molecule has 0 radical (unpaired) electrons. The van der Waals surface area contributed by atoms with Crippen LogP contribution in [0.1, 0.15) is 108 Å². The normalized spacial score (nSPS) is 27.3. The molecule has 106 heavy (non-hydrogen) atoms. The van der Waals surface area contributed by atoms with Crippen LogP contribution in [0.2, 0.25) is 0 Å². The lowest BCUT2D eigenvalue weighted by atomic mass is 10.00. The average Bonchev–Trinajstić information content (AvgIpc) is 1.81. The van der Waals surface area contributed by atoms with E-state index in [-0.39, 0.29) is 157 Å². The van der Waals surface area contributed by atoms with E-state index in [2.05, 4.69) is 105 Å². The fourth-order valence-corrected chi connectivity index (χ4v) is 10.6. The molecule has 8 fully saturated rings. The van der Waals surface area contributed by atoms with Crippen molar-refractivity contribution in [2.45, 2.75) is 205 Å². The first-order chi connectivity index (χ1) is 50.3. The lowest BCUT2D eigenvalue weighted by Crippen LogP contribution is -2.30. The highest BCUT2D eigenvalue weighted by Gasteiger charge is 2.45. The van der Waals surface area contributed by atoms with E-state index in [1.807, 2.05) is 55.4 Å². The van der Waals surface area contributed by atoms with Gasteiger partial charge in [-0.25, -0.2) is 38.4 Å². The van der Waals surface area contributed by atoms with Crippen molar-refractivity contribution in [3.63, 3.8) is 0 Å². The van der Waals surface area contributed by atoms with Crippen LogP contribution in [0.15, 0.2) is 198 Å². The molecule has 24 heteroatoms. The average molecular weight is 1490 g/mol. The van der Waals surface area contributed by atoms with Gasteiger partial charge in [0.05, 0.1) is 97.4 Å². The quantitative estimate of drug-likeness (QED) is 0.0262. The van der Waals surface area contributed by atoms with Gasteiger partial charge in [0.1, 0.15) is 97.7 Å². The highest BCUT2D eigenvalue weighted by atomic mass is 16.6. The van der Waals surface area contributed by atoms with E-state index in [9.17, 15) is 38.4 Å². The van der Waals surface area contributed by atoms with Crippen molar-refractivity contribution in [3.8, 4) is 0 Å². The van der Waals surface area contributed by atoms with Gasteiger partial charge in [0.15, 0.2) is 0 Å². The lowest BCUT2D eigenvalue weighted by Gasteiger charge is -2.20. The Morgan fingerprint density at radius 3 is 0.660 bits per heavy atom. The van der Waals surface area contributed by atoms with Crippen molar-refractivity contribution < 1.29 is 114 Å². The number of hydrogen-bond donors (Lipinski definition) is 0. The van der Waals surface area contributed by atoms with Crippen molar-refractivity contribution in [1.82, 2.24) is 0 Å². The lowest BCUT2D eigenvalue weighted by molar-refractivity contribution is -0.142. The van der Waals surface area contributed by atoms with E-state index in [0.717, 1.165) is 38.5 Å². The van der Waals surface area contributed by atoms with Gasteiger partial charge in [-0.3, -0.25) is 0 Å². The van der Waals surface area contributed by atoms with E-state index in [1.165, 1.54) is 0 Å². The smallest absolute Gasteiger partial charge is 0.336 e. The molecule has 0 N–H and O–H groups in total. The van der Waals surface area contributed by atoms with E-state index in [4.69, 9.17) is 75.8 Å². The van der Waals surface area contributed by atoms with E-state index in [1.54, 1.807) is 62.5 Å². The first-order valence-electron chi connectivity index (χ1n) is 35.3. The van der Waals surface area contributed by atoms with Gasteiger partial charge in [0.25, 0.3) is 0 Å². The Labute approximate surface area is 627 Å². The second kappa shape index (κ2) is 50.7. The fourth-order valence-electron chi connectivity index (χ4n) is 10.6. The molecule has 0 saturated carbocycles. The molecule has 0 aliphatic carbocycles. The van der Waals surface area contributed by atoms with Crippen molar-refractivity contribution in [2.24, 2.45) is 11.8 Å². The highest BCUT2D eigenvalue weighted by Crippen LogP contribution is 2.32. The number of carbonyl (C=O) groups excluding carboxylic acids is 8. The Hall–Kier alpha value is -8.72. The van der Waals surface area contributed by atoms with Crippen LogP contribution < -0.4 is 0 Å². The molecule has 0 spiro atoms. The maximum atomic E-state index is 11.2. The van der Waals surface area contributed by atoms with E-state index >= 15 is 0 Å². The zero-order valence-electron chi connectivity index (χ0n) is 64.0. The number of cyclic esters (lactones) is 8. The predicted molar refractivity (Wildman–Crippen MR) is 403 cm³/mol. The predicted octanol–water partition coefficient (Wildman–Crippen LogP) is 12.1. The van der Waals surface area contributed by atoms with Crippen molar-refractivity contribution in [2.75, 3.05) is 52.9 Å². The topological polar surface area (TPSA) is 284 Å². The molecular formula is C82H116O24. The van der Waals surface area contributed by atoms with Crippen molar-refractivity contribution in [3.05, 3.63) is 198 Å². The van der Waals surface area contributed by atoms with Gasteiger partial charge in [-0.1, -0.05) is 169 Å². The molecule has 588 valence electrons. The van der Waals surface area contributed by atoms with Crippen LogP contribution >= 0.6 is 0 Å². The van der Waals surface area contributed by atoms with Crippen LogP contribution in [0.4, 0.5) is 0 Å². The molecule has 8 saturated heterocycles. The van der Waals surface area contributed by atoms with Gasteiger partial charge in [-0.05, 0) is 51.4 Å². The minimum Gasteiger partial charge on any atom is -0.456 e. The summed E-state index contributed by atoms with van der Waals surface area (Å²) < 4.78 is 83.5. The van der Waals surface area contributed by atoms with Gasteiger partial charge in [-0.15, -0.1) is 52.6 Å². The SMILES string of the molecule is C=CCOC1C(=C)C(=O)O[C@@H]1C.C=CCOC1C(=C)C(=O)O[C@@H]1C(C)C.C=CCOC1C(=C)C(=O)O[C@@H]1CC.C=CCOC1C(=C)C(=O)O[C@@H]1CCC.C=CCOC1C(=C)C(=O)O[C@H]1C.C=CCOC1C(=C)C(=O)O[C@H]1C(C)C.C=CCOC1C(=C)C(=O)O[C@H]1CC.C=CCOC1C(=C)C(=O)O[C@H]1CCC. The summed E-state index contributed by atoms with van der Waals surface area (Å²) in [4.78, 5) is 88.9. The number of hydrogen-bond acceptors (Lipinski definition) is 24. The second-order valence-electron chi connectivity index (χ2n) is 25.2. The summed E-state index contributed by atoms with van der Waals surface area (Å²) in [6.07, 6.45) is 14.1. The zero-order chi connectivity index (χ0) is 80.5. The van der Waals surface area contributed by atoms with Crippen molar-refractivity contribution in [1.29, 1.82) is 0 Å². The summed E-state index contributed by atoms with van der Waals surface area (Å²) >= 11 is 0. The molecule has 0 amide bonds. The van der Waals surface area contributed by atoms with Crippen LogP contribution in [0.25, 0.3) is 0 Å². The second-order valence-corrected chi connectivity index (χ2v) is 25.2. The van der Waals surface area contributed by atoms with Gasteiger partial charge in [-0.2, -0.15) is 0 Å². The molecule has 8 aliphatic heterocycles. The molecule has 8 rings (SSSR count). The summed E-state index contributed by atoms with van der Waals surface area (Å²) in [5, 5.41) is 0. The minimum absolute atomic E-state index is 0.167. The molecular weight excluding hydrogens is 1370 g/mol. The van der Waals surface area contributed by atoms with Gasteiger partial charge < -0.3 is 75.8 Å². The molecule has 8 unspecified atom stereocenters. The molecule has 0 aromatic rings. The van der Waals surface area contributed by atoms with Gasteiger partial charge >= 0.3 is 47.8 Å². The van der Waals surface area contributed by atoms with Gasteiger partial charge in [0, 0.05) is 0 Å². The first kappa shape index (κ1) is 95.3. The minimum atomic E-state index is -0.364. The van der Waals surface area contributed by atoms with E-state index in [0.29, 0.717) is 97.4 Å². The zero-order valence-corrected chi connectivity index (χ0v) is 64.0. The van der Waals surface area contributed by atoms with Crippen LogP contribution in [0.3, 0.4) is 0 Å². The maximum Gasteiger partial charge on any atom is 0.336 e. The molecule has 16 atom stereocenters. The van der Waals surface area contributed by atoms with Crippen LogP contribution in [-0.4, -0.2) is 198 Å². The summed E-state index contributed by atoms with van der Waals surface area (Å²) in [5.74, 6) is -2.33. The Kier molecular flexibility index (Phi) is 45.6. The fraction of sp³-hybridized carbons (Fsp3) is 0.512. The third-order valence-corrected chi connectivity index (χ3v) is 16.2. The third-order valence-electron chi connectivity index (χ3n) is 16.2.